The molecule has 0 bridgehead atoms. The number of rotatable bonds is 22. The number of nitrogens with zero attached hydrogens (tertiary/aromatic N) is 1. The van der Waals surface area contributed by atoms with Crippen molar-refractivity contribution in [2.75, 3.05) is 26.2 Å². The number of quaternary nitrogens is 1. The highest BCUT2D eigenvalue weighted by Gasteiger charge is 2.28. The van der Waals surface area contributed by atoms with Gasteiger partial charge in [-0.1, -0.05) is 117 Å². The molecule has 0 aromatic rings. The number of unbranched alkanes of at least 4 members (excludes halogenated alkanes) is 18. The zero-order valence-corrected chi connectivity index (χ0v) is 21.5. The van der Waals surface area contributed by atoms with Crippen LogP contribution in [0, 0.1) is 0 Å². The summed E-state index contributed by atoms with van der Waals surface area (Å²) in [5.74, 6) is 0. The molecule has 1 nitrogen and oxygen atoms in total. The Morgan fingerprint density at radius 2 is 0.667 bits per heavy atom. The van der Waals surface area contributed by atoms with E-state index < -0.39 is 0 Å². The first-order valence-electron chi connectivity index (χ1n) is 14.7. The van der Waals surface area contributed by atoms with Crippen molar-refractivity contribution >= 4 is 0 Å². The molecular formula is C29H60N+. The lowest BCUT2D eigenvalue weighted by Gasteiger charge is -2.42. The van der Waals surface area contributed by atoms with Gasteiger partial charge in [-0.25, -0.2) is 0 Å². The first-order chi connectivity index (χ1) is 14.8. The average Bonchev–Trinajstić information content (AvgIpc) is 2.77. The third-order valence-electron chi connectivity index (χ3n) is 7.74. The minimum Gasteiger partial charge on any atom is -0.324 e. The molecule has 1 fully saturated rings. The van der Waals surface area contributed by atoms with Gasteiger partial charge in [0.05, 0.1) is 26.2 Å². The van der Waals surface area contributed by atoms with Crippen LogP contribution in [0.3, 0.4) is 0 Å². The first kappa shape index (κ1) is 28.0. The van der Waals surface area contributed by atoms with Crippen molar-refractivity contribution in [1.82, 2.24) is 0 Å². The summed E-state index contributed by atoms with van der Waals surface area (Å²) in [5.41, 5.74) is 0. The van der Waals surface area contributed by atoms with Crippen LogP contribution in [0.2, 0.25) is 0 Å². The molecule has 1 aliphatic heterocycles. The van der Waals surface area contributed by atoms with Crippen LogP contribution in [-0.4, -0.2) is 30.7 Å². The van der Waals surface area contributed by atoms with Gasteiger partial charge in [0, 0.05) is 0 Å². The lowest BCUT2D eigenvalue weighted by molar-refractivity contribution is -0.932. The molecule has 0 aromatic carbocycles. The molecule has 0 amide bonds. The Hall–Kier alpha value is -0.0400. The van der Waals surface area contributed by atoms with Crippen molar-refractivity contribution in [3.8, 4) is 0 Å². The fourth-order valence-electron chi connectivity index (χ4n) is 5.61. The maximum absolute atomic E-state index is 2.31. The SMILES string of the molecule is CCCCCCCCCCCC[N+]1(CCCCCCCCCCCC)CCCCC1. The Morgan fingerprint density at radius 3 is 1.00 bits per heavy atom. The predicted octanol–water partition coefficient (Wildman–Crippen LogP) is 9.83. The van der Waals surface area contributed by atoms with Crippen LogP contribution in [0.5, 0.6) is 0 Å². The normalized spacial score (nSPS) is 16.2. The van der Waals surface area contributed by atoms with Crippen LogP contribution >= 0.6 is 0 Å². The lowest BCUT2D eigenvalue weighted by atomic mass is 10.0. The fraction of sp³-hybridized carbons (Fsp3) is 1.00. The van der Waals surface area contributed by atoms with E-state index in [0.717, 1.165) is 0 Å². The van der Waals surface area contributed by atoms with E-state index in [0.29, 0.717) is 0 Å². The van der Waals surface area contributed by atoms with Crippen LogP contribution in [0.15, 0.2) is 0 Å². The van der Waals surface area contributed by atoms with Gasteiger partial charge < -0.3 is 4.48 Å². The summed E-state index contributed by atoms with van der Waals surface area (Å²) in [6, 6.07) is 0. The van der Waals surface area contributed by atoms with E-state index in [1.807, 2.05) is 0 Å². The van der Waals surface area contributed by atoms with Gasteiger partial charge in [-0.05, 0) is 44.9 Å². The van der Waals surface area contributed by atoms with Crippen LogP contribution in [0.4, 0.5) is 0 Å². The third-order valence-corrected chi connectivity index (χ3v) is 7.74. The Bertz CT molecular complexity index is 305. The highest BCUT2D eigenvalue weighted by Crippen LogP contribution is 2.23. The van der Waals surface area contributed by atoms with E-state index in [2.05, 4.69) is 13.8 Å². The van der Waals surface area contributed by atoms with Gasteiger partial charge in [-0.2, -0.15) is 0 Å². The predicted molar refractivity (Wildman–Crippen MR) is 137 cm³/mol. The molecule has 0 atom stereocenters. The zero-order valence-electron chi connectivity index (χ0n) is 21.5. The van der Waals surface area contributed by atoms with Crippen LogP contribution < -0.4 is 0 Å². The molecule has 0 aliphatic carbocycles. The monoisotopic (exact) mass is 422 g/mol. The van der Waals surface area contributed by atoms with Gasteiger partial charge in [0.1, 0.15) is 0 Å². The van der Waals surface area contributed by atoms with Crippen molar-refractivity contribution in [2.45, 2.75) is 162 Å². The summed E-state index contributed by atoms with van der Waals surface area (Å²) >= 11 is 0. The number of hydrogen-bond acceptors (Lipinski definition) is 0. The van der Waals surface area contributed by atoms with E-state index in [1.165, 1.54) is 178 Å². The molecule has 1 heteroatoms. The number of piperidine rings is 1. The maximum Gasteiger partial charge on any atom is 0.0786 e. The van der Waals surface area contributed by atoms with E-state index in [-0.39, 0.29) is 0 Å². The second-order valence-electron chi connectivity index (χ2n) is 10.7. The summed E-state index contributed by atoms with van der Waals surface area (Å²) in [4.78, 5) is 0. The topological polar surface area (TPSA) is 0 Å². The number of hydrogen-bond donors (Lipinski definition) is 0. The van der Waals surface area contributed by atoms with Crippen LogP contribution in [0.1, 0.15) is 162 Å². The Morgan fingerprint density at radius 1 is 0.367 bits per heavy atom. The maximum atomic E-state index is 2.31. The van der Waals surface area contributed by atoms with Crippen LogP contribution in [0.25, 0.3) is 0 Å². The molecule has 0 spiro atoms. The third kappa shape index (κ3) is 15.7. The van der Waals surface area contributed by atoms with Crippen molar-refractivity contribution < 1.29 is 4.48 Å². The highest BCUT2D eigenvalue weighted by atomic mass is 15.3. The molecule has 1 heterocycles. The molecule has 1 saturated heterocycles. The minimum absolute atomic E-state index is 1.37. The van der Waals surface area contributed by atoms with E-state index in [1.54, 1.807) is 0 Å². The molecule has 1 rings (SSSR count). The summed E-state index contributed by atoms with van der Waals surface area (Å²) in [6.45, 7) is 10.6. The summed E-state index contributed by atoms with van der Waals surface area (Å²) in [7, 11) is 0. The second-order valence-corrected chi connectivity index (χ2v) is 10.7. The molecule has 1 aliphatic rings. The van der Waals surface area contributed by atoms with E-state index >= 15 is 0 Å². The van der Waals surface area contributed by atoms with Gasteiger partial charge >= 0.3 is 0 Å². The molecule has 30 heavy (non-hydrogen) atoms. The summed E-state index contributed by atoms with van der Waals surface area (Å²) < 4.78 is 1.49. The van der Waals surface area contributed by atoms with Crippen molar-refractivity contribution in [3.63, 3.8) is 0 Å². The summed E-state index contributed by atoms with van der Waals surface area (Å²) in [6.07, 6.45) is 33.9. The molecule has 0 aromatic heterocycles. The highest BCUT2D eigenvalue weighted by molar-refractivity contribution is 4.57. The van der Waals surface area contributed by atoms with Gasteiger partial charge in [-0.15, -0.1) is 0 Å². The van der Waals surface area contributed by atoms with Crippen molar-refractivity contribution in [2.24, 2.45) is 0 Å². The average molecular weight is 423 g/mol. The Kier molecular flexibility index (Phi) is 19.4. The van der Waals surface area contributed by atoms with E-state index in [4.69, 9.17) is 0 Å². The van der Waals surface area contributed by atoms with Gasteiger partial charge in [-0.3, -0.25) is 0 Å². The van der Waals surface area contributed by atoms with Gasteiger partial charge in [0.15, 0.2) is 0 Å². The molecule has 0 N–H and O–H groups in total. The molecule has 0 saturated carbocycles. The van der Waals surface area contributed by atoms with Crippen LogP contribution in [-0.2, 0) is 0 Å². The Labute approximate surface area is 192 Å². The lowest BCUT2D eigenvalue weighted by Crippen LogP contribution is -2.52. The Balaban J connectivity index is 2.02. The van der Waals surface area contributed by atoms with Gasteiger partial charge in [0.2, 0.25) is 0 Å². The minimum atomic E-state index is 1.37. The zero-order chi connectivity index (χ0) is 21.6. The van der Waals surface area contributed by atoms with Crippen molar-refractivity contribution in [3.05, 3.63) is 0 Å². The van der Waals surface area contributed by atoms with Gasteiger partial charge in [0.25, 0.3) is 0 Å². The largest absolute Gasteiger partial charge is 0.324 e. The molecule has 180 valence electrons. The first-order valence-corrected chi connectivity index (χ1v) is 14.7. The van der Waals surface area contributed by atoms with Crippen molar-refractivity contribution in [1.29, 1.82) is 0 Å². The molecule has 0 unspecified atom stereocenters. The number of likely N-dealkylation sites (tertiary alicyclic amines) is 1. The quantitative estimate of drug-likeness (QED) is 0.120. The standard InChI is InChI=1S/C29H60N/c1-3-5-7-9-11-13-15-17-19-22-26-30(28-24-21-25-29-30)27-23-20-18-16-14-12-10-8-6-4-2/h3-29H2,1-2H3/q+1. The van der Waals surface area contributed by atoms with E-state index in [9.17, 15) is 0 Å². The summed E-state index contributed by atoms with van der Waals surface area (Å²) in [5, 5.41) is 0. The smallest absolute Gasteiger partial charge is 0.0786 e. The fourth-order valence-corrected chi connectivity index (χ4v) is 5.61. The second kappa shape index (κ2) is 20.8. The molecular weight excluding hydrogens is 362 g/mol. The molecule has 0 radical (unpaired) electrons.